The summed E-state index contributed by atoms with van der Waals surface area (Å²) in [6, 6.07) is 11.5. The Hall–Kier alpha value is -3.33. The van der Waals surface area contributed by atoms with Crippen LogP contribution in [0.1, 0.15) is 40.5 Å². The SMILES string of the molecule is CCCCOc1cccc(C(=O)NC(=S)NNC(=O)c2ccc(OC)c(OC)c2)c1. The van der Waals surface area contributed by atoms with Crippen LogP contribution in [0.5, 0.6) is 17.2 Å². The second-order valence-electron chi connectivity index (χ2n) is 6.16. The number of hydrogen-bond acceptors (Lipinski definition) is 6. The van der Waals surface area contributed by atoms with Crippen LogP contribution in [0.25, 0.3) is 0 Å². The lowest BCUT2D eigenvalue weighted by Crippen LogP contribution is -2.48. The maximum atomic E-state index is 12.4. The largest absolute Gasteiger partial charge is 0.494 e. The average Bonchev–Trinajstić information content (AvgIpc) is 2.77. The first-order chi connectivity index (χ1) is 14.5. The fourth-order valence-corrected chi connectivity index (χ4v) is 2.57. The van der Waals surface area contributed by atoms with Crippen LogP contribution in [0, 0.1) is 0 Å². The van der Waals surface area contributed by atoms with Crippen LogP contribution in [0.3, 0.4) is 0 Å². The number of benzene rings is 2. The number of unbranched alkanes of at least 4 members (excludes halogenated alkanes) is 1. The van der Waals surface area contributed by atoms with E-state index < -0.39 is 11.8 Å². The third kappa shape index (κ3) is 6.63. The zero-order valence-electron chi connectivity index (χ0n) is 17.1. The molecule has 0 saturated carbocycles. The second-order valence-corrected chi connectivity index (χ2v) is 6.57. The number of methoxy groups -OCH3 is 2. The molecular formula is C21H25N3O5S. The molecule has 0 atom stereocenters. The summed E-state index contributed by atoms with van der Waals surface area (Å²) >= 11 is 5.07. The predicted octanol–water partition coefficient (Wildman–Crippen LogP) is 2.83. The van der Waals surface area contributed by atoms with Gasteiger partial charge in [-0.05, 0) is 55.0 Å². The molecule has 2 amide bonds. The first-order valence-corrected chi connectivity index (χ1v) is 9.75. The topological polar surface area (TPSA) is 97.9 Å². The van der Waals surface area contributed by atoms with E-state index in [9.17, 15) is 9.59 Å². The molecule has 0 spiro atoms. The van der Waals surface area contributed by atoms with Crippen molar-refractivity contribution >= 4 is 29.1 Å². The number of carbonyl (C=O) groups excluding carboxylic acids is 2. The summed E-state index contributed by atoms with van der Waals surface area (Å²) in [4.78, 5) is 24.7. The second kappa shape index (κ2) is 11.6. The zero-order chi connectivity index (χ0) is 21.9. The van der Waals surface area contributed by atoms with E-state index in [2.05, 4.69) is 23.1 Å². The Morgan fingerprint density at radius 3 is 2.37 bits per heavy atom. The van der Waals surface area contributed by atoms with Gasteiger partial charge >= 0.3 is 0 Å². The Labute approximate surface area is 180 Å². The van der Waals surface area contributed by atoms with Crippen molar-refractivity contribution in [3.8, 4) is 17.2 Å². The highest BCUT2D eigenvalue weighted by Gasteiger charge is 2.12. The number of amides is 2. The zero-order valence-corrected chi connectivity index (χ0v) is 17.9. The van der Waals surface area contributed by atoms with Gasteiger partial charge in [-0.1, -0.05) is 19.4 Å². The highest BCUT2D eigenvalue weighted by molar-refractivity contribution is 7.80. The molecule has 0 radical (unpaired) electrons. The normalized spacial score (nSPS) is 9.97. The highest BCUT2D eigenvalue weighted by Crippen LogP contribution is 2.27. The first kappa shape index (κ1) is 23.0. The molecule has 0 fully saturated rings. The summed E-state index contributed by atoms with van der Waals surface area (Å²) in [5.41, 5.74) is 5.64. The van der Waals surface area contributed by atoms with Gasteiger partial charge in [0.15, 0.2) is 16.6 Å². The molecule has 2 aromatic carbocycles. The van der Waals surface area contributed by atoms with Gasteiger partial charge in [0.1, 0.15) is 5.75 Å². The molecule has 160 valence electrons. The number of thiocarbonyl (C=S) groups is 1. The quantitative estimate of drug-likeness (QED) is 0.336. The van der Waals surface area contributed by atoms with Crippen LogP contribution in [0.15, 0.2) is 42.5 Å². The first-order valence-electron chi connectivity index (χ1n) is 9.35. The minimum atomic E-state index is -0.459. The summed E-state index contributed by atoms with van der Waals surface area (Å²) in [5.74, 6) is 0.650. The lowest BCUT2D eigenvalue weighted by atomic mass is 10.2. The maximum Gasteiger partial charge on any atom is 0.269 e. The molecule has 2 rings (SSSR count). The Kier molecular flexibility index (Phi) is 8.89. The molecule has 0 heterocycles. The van der Waals surface area contributed by atoms with Crippen molar-refractivity contribution in [2.75, 3.05) is 20.8 Å². The van der Waals surface area contributed by atoms with Gasteiger partial charge in [-0.3, -0.25) is 25.8 Å². The van der Waals surface area contributed by atoms with Crippen molar-refractivity contribution in [3.63, 3.8) is 0 Å². The molecule has 2 aromatic rings. The molecule has 9 heteroatoms. The fourth-order valence-electron chi connectivity index (χ4n) is 2.43. The molecule has 0 unspecified atom stereocenters. The molecule has 8 nitrogen and oxygen atoms in total. The van der Waals surface area contributed by atoms with E-state index in [-0.39, 0.29) is 5.11 Å². The Bertz CT molecular complexity index is 904. The van der Waals surface area contributed by atoms with Crippen LogP contribution in [-0.2, 0) is 0 Å². The Morgan fingerprint density at radius 1 is 0.933 bits per heavy atom. The van der Waals surface area contributed by atoms with Crippen molar-refractivity contribution in [3.05, 3.63) is 53.6 Å². The number of hydrogen-bond donors (Lipinski definition) is 3. The van der Waals surface area contributed by atoms with Crippen LogP contribution < -0.4 is 30.4 Å². The van der Waals surface area contributed by atoms with Gasteiger partial charge in [0.2, 0.25) is 0 Å². The van der Waals surface area contributed by atoms with Crippen molar-refractivity contribution in [2.45, 2.75) is 19.8 Å². The van der Waals surface area contributed by atoms with Crippen molar-refractivity contribution in [2.24, 2.45) is 0 Å². The molecule has 30 heavy (non-hydrogen) atoms. The summed E-state index contributed by atoms with van der Waals surface area (Å²) in [6.07, 6.45) is 1.96. The van der Waals surface area contributed by atoms with Gasteiger partial charge in [0, 0.05) is 11.1 Å². The number of nitrogens with one attached hydrogen (secondary N) is 3. The van der Waals surface area contributed by atoms with Gasteiger partial charge in [-0.15, -0.1) is 0 Å². The van der Waals surface area contributed by atoms with Crippen LogP contribution in [-0.4, -0.2) is 37.8 Å². The van der Waals surface area contributed by atoms with Gasteiger partial charge < -0.3 is 14.2 Å². The molecular weight excluding hydrogens is 406 g/mol. The third-order valence-electron chi connectivity index (χ3n) is 4.03. The van der Waals surface area contributed by atoms with Crippen LogP contribution in [0.4, 0.5) is 0 Å². The molecule has 0 aliphatic rings. The third-order valence-corrected chi connectivity index (χ3v) is 4.23. The summed E-state index contributed by atoms with van der Waals surface area (Å²) < 4.78 is 15.9. The van der Waals surface area contributed by atoms with Gasteiger partial charge in [-0.25, -0.2) is 0 Å². The number of carbonyl (C=O) groups is 2. The molecule has 0 aromatic heterocycles. The summed E-state index contributed by atoms with van der Waals surface area (Å²) in [6.45, 7) is 2.66. The maximum absolute atomic E-state index is 12.4. The minimum Gasteiger partial charge on any atom is -0.494 e. The van der Waals surface area contributed by atoms with Crippen LogP contribution >= 0.6 is 12.2 Å². The summed E-state index contributed by atoms with van der Waals surface area (Å²) in [5, 5.41) is 2.45. The van der Waals surface area contributed by atoms with E-state index in [0.717, 1.165) is 12.8 Å². The smallest absolute Gasteiger partial charge is 0.269 e. The number of hydrazine groups is 1. The molecule has 0 aliphatic heterocycles. The Balaban J connectivity index is 1.89. The number of rotatable bonds is 8. The van der Waals surface area contributed by atoms with E-state index in [1.54, 1.807) is 36.4 Å². The highest BCUT2D eigenvalue weighted by atomic mass is 32.1. The van der Waals surface area contributed by atoms with Gasteiger partial charge in [0.25, 0.3) is 11.8 Å². The van der Waals surface area contributed by atoms with Crippen LogP contribution in [0.2, 0.25) is 0 Å². The monoisotopic (exact) mass is 431 g/mol. The lowest BCUT2D eigenvalue weighted by molar-refractivity contribution is 0.0934. The van der Waals surface area contributed by atoms with Crippen molar-refractivity contribution in [1.29, 1.82) is 0 Å². The lowest BCUT2D eigenvalue weighted by Gasteiger charge is -2.13. The molecule has 0 saturated heterocycles. The van der Waals surface area contributed by atoms with Crippen molar-refractivity contribution in [1.82, 2.24) is 16.2 Å². The Morgan fingerprint density at radius 2 is 1.67 bits per heavy atom. The van der Waals surface area contributed by atoms with E-state index in [4.69, 9.17) is 26.4 Å². The van der Waals surface area contributed by atoms with E-state index in [1.807, 2.05) is 0 Å². The number of ether oxygens (including phenoxy) is 3. The molecule has 0 aliphatic carbocycles. The van der Waals surface area contributed by atoms with E-state index in [0.29, 0.717) is 35.0 Å². The van der Waals surface area contributed by atoms with E-state index in [1.165, 1.54) is 20.3 Å². The molecule has 0 bridgehead atoms. The van der Waals surface area contributed by atoms with E-state index >= 15 is 0 Å². The van der Waals surface area contributed by atoms with Gasteiger partial charge in [-0.2, -0.15) is 0 Å². The van der Waals surface area contributed by atoms with Gasteiger partial charge in [0.05, 0.1) is 20.8 Å². The summed E-state index contributed by atoms with van der Waals surface area (Å²) in [7, 11) is 2.99. The standard InChI is InChI=1S/C21H25N3O5S/c1-4-5-11-29-16-8-6-7-14(12-16)19(25)22-21(30)24-23-20(26)15-9-10-17(27-2)18(13-15)28-3/h6-10,12-13H,4-5,11H2,1-3H3,(H,23,26)(H2,22,24,25,30). The average molecular weight is 432 g/mol. The predicted molar refractivity (Wildman–Crippen MR) is 117 cm³/mol. The van der Waals surface area contributed by atoms with Crippen molar-refractivity contribution < 1.29 is 23.8 Å². The fraction of sp³-hybridized carbons (Fsp3) is 0.286. The molecule has 3 N–H and O–H groups in total. The minimum absolute atomic E-state index is 0.0499.